The maximum Gasteiger partial charge on any atom is 0.187 e. The zero-order valence-electron chi connectivity index (χ0n) is 19.3. The largest absolute Gasteiger partial charge is 0.379 e. The quantitative estimate of drug-likeness (QED) is 0.426. The molecule has 1 aliphatic heterocycles. The highest BCUT2D eigenvalue weighted by atomic mass is 16.5. The van der Waals surface area contributed by atoms with Crippen LogP contribution >= 0.6 is 0 Å². The van der Waals surface area contributed by atoms with Gasteiger partial charge in [-0.15, -0.1) is 0 Å². The summed E-state index contributed by atoms with van der Waals surface area (Å²) in [5, 5.41) is 3.79. The van der Waals surface area contributed by atoms with E-state index in [0.29, 0.717) is 17.8 Å². The Kier molecular flexibility index (Phi) is 5.74. The molecule has 0 bridgehead atoms. The van der Waals surface area contributed by atoms with Crippen LogP contribution in [0.3, 0.4) is 0 Å². The molecule has 1 aromatic heterocycles. The maximum absolute atomic E-state index is 7.34. The fraction of sp³-hybridized carbons (Fsp3) is 0.393. The molecule has 0 amide bonds. The number of aromatic nitrogens is 2. The van der Waals surface area contributed by atoms with Crippen molar-refractivity contribution in [1.29, 1.82) is 0 Å². The first-order chi connectivity index (χ1) is 16.8. The van der Waals surface area contributed by atoms with Gasteiger partial charge < -0.3 is 10.1 Å². The van der Waals surface area contributed by atoms with Gasteiger partial charge in [-0.05, 0) is 60.1 Å². The van der Waals surface area contributed by atoms with Crippen LogP contribution in [-0.4, -0.2) is 53.3 Å². The molecule has 1 saturated heterocycles. The summed E-state index contributed by atoms with van der Waals surface area (Å²) in [6, 6.07) is 15.6. The van der Waals surface area contributed by atoms with Crippen LogP contribution in [0.15, 0.2) is 48.8 Å². The molecule has 2 aromatic carbocycles. The van der Waals surface area contributed by atoms with Gasteiger partial charge in [-0.1, -0.05) is 30.3 Å². The number of nitrogens with one attached hydrogen (secondary N) is 1. The predicted octanol–water partition coefficient (Wildman–Crippen LogP) is 5.32. The van der Waals surface area contributed by atoms with Gasteiger partial charge in [-0.2, -0.15) is 0 Å². The molecule has 6 rings (SSSR count). The van der Waals surface area contributed by atoms with Gasteiger partial charge in [-0.25, -0.2) is 14.8 Å². The Hall–Kier alpha value is -3.27. The van der Waals surface area contributed by atoms with Crippen molar-refractivity contribution >= 4 is 11.5 Å². The predicted molar refractivity (Wildman–Crippen MR) is 134 cm³/mol. The summed E-state index contributed by atoms with van der Waals surface area (Å²) >= 11 is 0. The summed E-state index contributed by atoms with van der Waals surface area (Å²) < 4.78 is 5.53. The van der Waals surface area contributed by atoms with E-state index in [1.165, 1.54) is 24.0 Å². The molecule has 6 nitrogen and oxygen atoms in total. The van der Waals surface area contributed by atoms with Crippen molar-refractivity contribution in [2.24, 2.45) is 0 Å². The third-order valence-corrected chi connectivity index (χ3v) is 7.57. The van der Waals surface area contributed by atoms with Gasteiger partial charge in [-0.3, -0.25) is 4.90 Å². The van der Waals surface area contributed by atoms with Gasteiger partial charge in [0.1, 0.15) is 12.1 Å². The Morgan fingerprint density at radius 3 is 2.62 bits per heavy atom. The number of rotatable bonds is 4. The zero-order chi connectivity index (χ0) is 22.9. The SMILES string of the molecule is [C-]#[N+]c1cccc(-c2ccc3c(c2)-c2c(ncnc2NC2CCC(N4CCOCC4)CC2)C3)c1. The van der Waals surface area contributed by atoms with Gasteiger partial charge >= 0.3 is 0 Å². The van der Waals surface area contributed by atoms with Gasteiger partial charge in [0, 0.05) is 37.2 Å². The van der Waals surface area contributed by atoms with Crippen LogP contribution in [-0.2, 0) is 11.2 Å². The highest BCUT2D eigenvalue weighted by Gasteiger charge is 2.29. The van der Waals surface area contributed by atoms with Crippen LogP contribution in [0.25, 0.3) is 27.1 Å². The fourth-order valence-corrected chi connectivity index (χ4v) is 5.75. The number of fused-ring (bicyclic) bond motifs is 3. The summed E-state index contributed by atoms with van der Waals surface area (Å²) in [5.74, 6) is 0.964. The molecule has 3 aliphatic rings. The lowest BCUT2D eigenvalue weighted by Crippen LogP contribution is -2.46. The van der Waals surface area contributed by atoms with E-state index in [9.17, 15) is 0 Å². The lowest BCUT2D eigenvalue weighted by Gasteiger charge is -2.39. The normalized spacial score (nSPS) is 22.0. The van der Waals surface area contributed by atoms with Crippen molar-refractivity contribution in [1.82, 2.24) is 14.9 Å². The molecule has 2 heterocycles. The minimum Gasteiger partial charge on any atom is -0.379 e. The summed E-state index contributed by atoms with van der Waals surface area (Å²) in [5.41, 5.74) is 7.61. The van der Waals surface area contributed by atoms with Gasteiger partial charge in [0.15, 0.2) is 5.69 Å². The van der Waals surface area contributed by atoms with E-state index in [4.69, 9.17) is 16.3 Å². The summed E-state index contributed by atoms with van der Waals surface area (Å²) in [6.07, 6.45) is 7.32. The van der Waals surface area contributed by atoms with E-state index >= 15 is 0 Å². The molecule has 34 heavy (non-hydrogen) atoms. The second-order valence-corrected chi connectivity index (χ2v) is 9.55. The Labute approximate surface area is 200 Å². The van der Waals surface area contributed by atoms with Crippen molar-refractivity contribution in [2.75, 3.05) is 31.6 Å². The summed E-state index contributed by atoms with van der Waals surface area (Å²) in [7, 11) is 0. The van der Waals surface area contributed by atoms with E-state index in [0.717, 1.165) is 73.8 Å². The van der Waals surface area contributed by atoms with Crippen LogP contribution in [0, 0.1) is 6.57 Å². The number of hydrogen-bond acceptors (Lipinski definition) is 5. The fourth-order valence-electron chi connectivity index (χ4n) is 5.75. The van der Waals surface area contributed by atoms with Crippen molar-refractivity contribution in [3.8, 4) is 22.3 Å². The van der Waals surface area contributed by atoms with Gasteiger partial charge in [0.05, 0.1) is 25.5 Å². The standard InChI is InChI=1S/C28H29N5O/c1-29-23-4-2-3-19(15-23)20-5-6-21-17-26-27(25(21)16-20)28(31-18-30-26)32-22-7-9-24(10-8-22)33-11-13-34-14-12-33/h2-6,15-16,18,22,24H,7-14,17H2,(H,30,31,32). The molecule has 0 spiro atoms. The number of hydrogen-bond donors (Lipinski definition) is 1. The van der Waals surface area contributed by atoms with E-state index in [1.54, 1.807) is 6.33 Å². The average Bonchev–Trinajstić information content (AvgIpc) is 3.28. The average molecular weight is 452 g/mol. The molecular weight excluding hydrogens is 422 g/mol. The molecule has 1 saturated carbocycles. The molecule has 2 aliphatic carbocycles. The van der Waals surface area contributed by atoms with Crippen LogP contribution in [0.4, 0.5) is 11.5 Å². The second-order valence-electron chi connectivity index (χ2n) is 9.55. The van der Waals surface area contributed by atoms with Crippen molar-refractivity contribution in [2.45, 2.75) is 44.2 Å². The Balaban J connectivity index is 1.23. The van der Waals surface area contributed by atoms with Crippen molar-refractivity contribution in [3.05, 3.63) is 71.5 Å². The minimum absolute atomic E-state index is 0.443. The van der Waals surface area contributed by atoms with Crippen LogP contribution in [0.1, 0.15) is 36.9 Å². The minimum atomic E-state index is 0.443. The highest BCUT2D eigenvalue weighted by Crippen LogP contribution is 2.42. The van der Waals surface area contributed by atoms with E-state index in [-0.39, 0.29) is 0 Å². The third kappa shape index (κ3) is 4.06. The van der Waals surface area contributed by atoms with Crippen LogP contribution in [0.2, 0.25) is 0 Å². The van der Waals surface area contributed by atoms with Gasteiger partial charge in [0.25, 0.3) is 0 Å². The van der Waals surface area contributed by atoms with E-state index in [1.807, 2.05) is 18.2 Å². The lowest BCUT2D eigenvalue weighted by molar-refractivity contribution is 0.00791. The first-order valence-electron chi connectivity index (χ1n) is 12.3. The van der Waals surface area contributed by atoms with Gasteiger partial charge in [0.2, 0.25) is 0 Å². The maximum atomic E-state index is 7.34. The smallest absolute Gasteiger partial charge is 0.187 e. The van der Waals surface area contributed by atoms with E-state index in [2.05, 4.69) is 44.3 Å². The topological polar surface area (TPSA) is 54.6 Å². The molecule has 172 valence electrons. The number of ether oxygens (including phenoxy) is 1. The Morgan fingerprint density at radius 1 is 0.971 bits per heavy atom. The van der Waals surface area contributed by atoms with Crippen LogP contribution < -0.4 is 5.32 Å². The first kappa shape index (κ1) is 21.3. The zero-order valence-corrected chi connectivity index (χ0v) is 19.3. The number of benzene rings is 2. The molecule has 0 radical (unpaired) electrons. The Morgan fingerprint density at radius 2 is 1.79 bits per heavy atom. The summed E-state index contributed by atoms with van der Waals surface area (Å²) in [6.45, 7) is 11.2. The van der Waals surface area contributed by atoms with Crippen molar-refractivity contribution < 1.29 is 4.74 Å². The number of morpholine rings is 1. The third-order valence-electron chi connectivity index (χ3n) is 7.57. The first-order valence-corrected chi connectivity index (χ1v) is 12.3. The molecular formula is C28H29N5O. The van der Waals surface area contributed by atoms with E-state index < -0.39 is 0 Å². The summed E-state index contributed by atoms with van der Waals surface area (Å²) in [4.78, 5) is 15.5. The number of anilines is 1. The lowest BCUT2D eigenvalue weighted by atomic mass is 9.89. The molecule has 0 unspecified atom stereocenters. The highest BCUT2D eigenvalue weighted by molar-refractivity contribution is 5.87. The molecule has 2 fully saturated rings. The van der Waals surface area contributed by atoms with Crippen molar-refractivity contribution in [3.63, 3.8) is 0 Å². The number of nitrogens with zero attached hydrogens (tertiary/aromatic N) is 4. The second kappa shape index (κ2) is 9.17. The molecule has 0 atom stereocenters. The molecule has 3 aromatic rings. The molecule has 6 heteroatoms. The molecule has 1 N–H and O–H groups in total. The van der Waals surface area contributed by atoms with Crippen LogP contribution in [0.5, 0.6) is 0 Å². The monoisotopic (exact) mass is 451 g/mol. The Bertz CT molecular complexity index is 1240.